The van der Waals surface area contributed by atoms with E-state index in [1.165, 1.54) is 49.9 Å². The molecule has 1 N–H and O–H groups in total. The zero-order valence-corrected chi connectivity index (χ0v) is 12.8. The molecule has 0 aromatic heterocycles. The molecule has 0 radical (unpaired) electrons. The Hall–Kier alpha value is -0.730. The molecule has 2 nitrogen and oxygen atoms in total. The molecule has 1 aromatic carbocycles. The molecule has 1 unspecified atom stereocenters. The Balaban J connectivity index is 2.30. The highest BCUT2D eigenvalue weighted by Crippen LogP contribution is 2.33. The summed E-state index contributed by atoms with van der Waals surface area (Å²) in [7, 11) is 1.98. The molecule has 1 heterocycles. The van der Waals surface area contributed by atoms with Gasteiger partial charge in [-0.05, 0) is 44.9 Å². The standard InChI is InChI=1S/C16H25ClN2/c1-3-7-13-8-4-5-11-19(13)16-10-6-9-15(17)14(16)12-18-2/h6,9-10,13,18H,3-5,7-8,11-12H2,1-2H3. The van der Waals surface area contributed by atoms with Crippen LogP contribution >= 0.6 is 11.6 Å². The van der Waals surface area contributed by atoms with Crippen molar-refractivity contribution in [3.8, 4) is 0 Å². The highest BCUT2D eigenvalue weighted by Gasteiger charge is 2.24. The minimum absolute atomic E-state index is 0.688. The summed E-state index contributed by atoms with van der Waals surface area (Å²) >= 11 is 6.39. The highest BCUT2D eigenvalue weighted by atomic mass is 35.5. The topological polar surface area (TPSA) is 15.3 Å². The highest BCUT2D eigenvalue weighted by molar-refractivity contribution is 6.31. The maximum Gasteiger partial charge on any atom is 0.0471 e. The van der Waals surface area contributed by atoms with Crippen LogP contribution in [0.25, 0.3) is 0 Å². The molecule has 0 bridgehead atoms. The number of hydrogen-bond acceptors (Lipinski definition) is 2. The lowest BCUT2D eigenvalue weighted by molar-refractivity contribution is 0.433. The zero-order valence-electron chi connectivity index (χ0n) is 12.1. The fourth-order valence-corrected chi connectivity index (χ4v) is 3.36. The number of benzene rings is 1. The molecule has 1 saturated heterocycles. The van der Waals surface area contributed by atoms with Crippen LogP contribution in [0.2, 0.25) is 5.02 Å². The first kappa shape index (κ1) is 14.7. The number of nitrogens with zero attached hydrogens (tertiary/aromatic N) is 1. The van der Waals surface area contributed by atoms with E-state index in [2.05, 4.69) is 29.3 Å². The second-order valence-electron chi connectivity index (χ2n) is 5.40. The van der Waals surface area contributed by atoms with Crippen molar-refractivity contribution in [3.05, 3.63) is 28.8 Å². The third-order valence-corrected chi connectivity index (χ3v) is 4.36. The molecule has 0 amide bonds. The SMILES string of the molecule is CCCC1CCCCN1c1cccc(Cl)c1CNC. The number of nitrogens with one attached hydrogen (secondary N) is 1. The van der Waals surface area contributed by atoms with Gasteiger partial charge in [0.25, 0.3) is 0 Å². The summed E-state index contributed by atoms with van der Waals surface area (Å²) in [4.78, 5) is 2.59. The number of anilines is 1. The summed E-state index contributed by atoms with van der Waals surface area (Å²) in [5.74, 6) is 0. The third-order valence-electron chi connectivity index (χ3n) is 4.01. The van der Waals surface area contributed by atoms with Gasteiger partial charge in [-0.25, -0.2) is 0 Å². The van der Waals surface area contributed by atoms with E-state index in [-0.39, 0.29) is 0 Å². The molecule has 0 saturated carbocycles. The Kier molecular flexibility index (Phi) is 5.53. The molecule has 1 aliphatic rings. The number of hydrogen-bond donors (Lipinski definition) is 1. The normalized spacial score (nSPS) is 19.7. The minimum atomic E-state index is 0.688. The fraction of sp³-hybridized carbons (Fsp3) is 0.625. The van der Waals surface area contributed by atoms with Gasteiger partial charge in [-0.2, -0.15) is 0 Å². The predicted octanol–water partition coefficient (Wildman–Crippen LogP) is 4.22. The first-order valence-corrected chi connectivity index (χ1v) is 7.84. The molecule has 1 fully saturated rings. The van der Waals surface area contributed by atoms with Crippen molar-refractivity contribution < 1.29 is 0 Å². The van der Waals surface area contributed by atoms with E-state index in [4.69, 9.17) is 11.6 Å². The van der Waals surface area contributed by atoms with E-state index >= 15 is 0 Å². The Morgan fingerprint density at radius 3 is 2.95 bits per heavy atom. The van der Waals surface area contributed by atoms with Crippen LogP contribution in [0, 0.1) is 0 Å². The van der Waals surface area contributed by atoms with Crippen molar-refractivity contribution in [2.45, 2.75) is 51.6 Å². The summed E-state index contributed by atoms with van der Waals surface area (Å²) in [6.07, 6.45) is 6.52. The summed E-state index contributed by atoms with van der Waals surface area (Å²) in [6.45, 7) is 4.28. The van der Waals surface area contributed by atoms with Crippen molar-refractivity contribution >= 4 is 17.3 Å². The van der Waals surface area contributed by atoms with Gasteiger partial charge in [-0.15, -0.1) is 0 Å². The zero-order chi connectivity index (χ0) is 13.7. The Labute approximate surface area is 122 Å². The third kappa shape index (κ3) is 3.43. The molecule has 1 aromatic rings. The van der Waals surface area contributed by atoms with Gasteiger partial charge in [0.2, 0.25) is 0 Å². The molecule has 0 aliphatic carbocycles. The Bertz CT molecular complexity index is 404. The smallest absolute Gasteiger partial charge is 0.0471 e. The van der Waals surface area contributed by atoms with Crippen LogP contribution in [0.4, 0.5) is 5.69 Å². The van der Waals surface area contributed by atoms with Crippen molar-refractivity contribution in [2.24, 2.45) is 0 Å². The number of rotatable bonds is 5. The van der Waals surface area contributed by atoms with Gasteiger partial charge in [0.05, 0.1) is 0 Å². The van der Waals surface area contributed by atoms with Gasteiger partial charge >= 0.3 is 0 Å². The number of piperidine rings is 1. The van der Waals surface area contributed by atoms with Crippen LogP contribution in [-0.4, -0.2) is 19.6 Å². The van der Waals surface area contributed by atoms with Crippen molar-refractivity contribution in [1.82, 2.24) is 5.32 Å². The van der Waals surface area contributed by atoms with Crippen molar-refractivity contribution in [1.29, 1.82) is 0 Å². The summed E-state index contributed by atoms with van der Waals surface area (Å²) in [5.41, 5.74) is 2.58. The quantitative estimate of drug-likeness (QED) is 0.869. The van der Waals surface area contributed by atoms with Crippen molar-refractivity contribution in [3.63, 3.8) is 0 Å². The van der Waals surface area contributed by atoms with E-state index < -0.39 is 0 Å². The van der Waals surface area contributed by atoms with Crippen LogP contribution < -0.4 is 10.2 Å². The molecule has 19 heavy (non-hydrogen) atoms. The minimum Gasteiger partial charge on any atom is -0.368 e. The molecule has 1 atom stereocenters. The molecule has 2 rings (SSSR count). The van der Waals surface area contributed by atoms with E-state index in [0.29, 0.717) is 6.04 Å². The Morgan fingerprint density at radius 1 is 1.37 bits per heavy atom. The second kappa shape index (κ2) is 7.16. The fourth-order valence-electron chi connectivity index (χ4n) is 3.12. The van der Waals surface area contributed by atoms with Crippen LogP contribution in [-0.2, 0) is 6.54 Å². The maximum atomic E-state index is 6.39. The van der Waals surface area contributed by atoms with Crippen LogP contribution in [0.5, 0.6) is 0 Å². The van der Waals surface area contributed by atoms with Gasteiger partial charge in [-0.3, -0.25) is 0 Å². The molecule has 0 spiro atoms. The first-order chi connectivity index (χ1) is 9.27. The van der Waals surface area contributed by atoms with Crippen LogP contribution in [0.15, 0.2) is 18.2 Å². The van der Waals surface area contributed by atoms with E-state index in [1.807, 2.05) is 13.1 Å². The van der Waals surface area contributed by atoms with Crippen LogP contribution in [0.1, 0.15) is 44.6 Å². The van der Waals surface area contributed by atoms with E-state index in [1.54, 1.807) is 0 Å². The number of halogens is 1. The summed E-state index contributed by atoms with van der Waals surface area (Å²) in [5, 5.41) is 4.12. The lowest BCUT2D eigenvalue weighted by Crippen LogP contribution is -2.40. The maximum absolute atomic E-state index is 6.39. The van der Waals surface area contributed by atoms with E-state index in [0.717, 1.165) is 11.6 Å². The first-order valence-electron chi connectivity index (χ1n) is 7.46. The average molecular weight is 281 g/mol. The van der Waals surface area contributed by atoms with Gasteiger partial charge in [0.15, 0.2) is 0 Å². The Morgan fingerprint density at radius 2 is 2.21 bits per heavy atom. The predicted molar refractivity (Wildman–Crippen MR) is 84.1 cm³/mol. The van der Waals surface area contributed by atoms with Gasteiger partial charge in [0, 0.05) is 35.4 Å². The molecular weight excluding hydrogens is 256 g/mol. The molecule has 3 heteroatoms. The second-order valence-corrected chi connectivity index (χ2v) is 5.81. The molecule has 106 valence electrons. The van der Waals surface area contributed by atoms with Crippen molar-refractivity contribution in [2.75, 3.05) is 18.5 Å². The van der Waals surface area contributed by atoms with Crippen LogP contribution in [0.3, 0.4) is 0 Å². The average Bonchev–Trinajstić information content (AvgIpc) is 2.42. The molecule has 1 aliphatic heterocycles. The molecular formula is C16H25ClN2. The summed E-state index contributed by atoms with van der Waals surface area (Å²) in [6, 6.07) is 6.99. The summed E-state index contributed by atoms with van der Waals surface area (Å²) < 4.78 is 0. The lowest BCUT2D eigenvalue weighted by atomic mass is 9.96. The van der Waals surface area contributed by atoms with Gasteiger partial charge < -0.3 is 10.2 Å². The lowest BCUT2D eigenvalue weighted by Gasteiger charge is -2.39. The largest absolute Gasteiger partial charge is 0.368 e. The monoisotopic (exact) mass is 280 g/mol. The van der Waals surface area contributed by atoms with Gasteiger partial charge in [0.1, 0.15) is 0 Å². The van der Waals surface area contributed by atoms with E-state index in [9.17, 15) is 0 Å². The van der Waals surface area contributed by atoms with Gasteiger partial charge in [-0.1, -0.05) is 31.0 Å².